The van der Waals surface area contributed by atoms with Crippen LogP contribution in [0, 0.1) is 0 Å². The zero-order chi connectivity index (χ0) is 14.4. The highest BCUT2D eigenvalue weighted by Crippen LogP contribution is 2.24. The van der Waals surface area contributed by atoms with Crippen molar-refractivity contribution in [2.45, 2.75) is 65.0 Å². The van der Waals surface area contributed by atoms with E-state index in [0.717, 1.165) is 24.5 Å². The number of carbonyl (C=O) groups excluding carboxylic acids is 1. The highest BCUT2D eigenvalue weighted by molar-refractivity contribution is 7.15. The molecule has 0 radical (unpaired) electrons. The SMILES string of the molecule is CCCCC(=O)Nc1ncc(CN2CCCCC2C)s1. The molecule has 1 aliphatic rings. The van der Waals surface area contributed by atoms with Gasteiger partial charge in [-0.15, -0.1) is 11.3 Å². The van der Waals surface area contributed by atoms with E-state index >= 15 is 0 Å². The molecule has 1 fully saturated rings. The molecule has 20 heavy (non-hydrogen) atoms. The van der Waals surface area contributed by atoms with Crippen molar-refractivity contribution in [3.8, 4) is 0 Å². The first-order valence-corrected chi connectivity index (χ1v) is 8.49. The standard InChI is InChI=1S/C15H25N3OS/c1-3-4-8-14(19)17-15-16-10-13(20-15)11-18-9-6-5-7-12(18)2/h10,12H,3-9,11H2,1-2H3,(H,16,17,19). The lowest BCUT2D eigenvalue weighted by molar-refractivity contribution is -0.116. The second-order valence-corrected chi connectivity index (χ2v) is 6.71. The molecule has 1 amide bonds. The number of unbranched alkanes of at least 4 members (excludes halogenated alkanes) is 1. The number of thiazole rings is 1. The predicted molar refractivity (Wildman–Crippen MR) is 84.0 cm³/mol. The van der Waals surface area contributed by atoms with Gasteiger partial charge < -0.3 is 5.32 Å². The van der Waals surface area contributed by atoms with Gasteiger partial charge in [0.25, 0.3) is 0 Å². The quantitative estimate of drug-likeness (QED) is 0.871. The van der Waals surface area contributed by atoms with Gasteiger partial charge in [-0.3, -0.25) is 9.69 Å². The second-order valence-electron chi connectivity index (χ2n) is 5.60. The monoisotopic (exact) mass is 295 g/mol. The summed E-state index contributed by atoms with van der Waals surface area (Å²) in [5, 5.41) is 3.64. The average Bonchev–Trinajstić information content (AvgIpc) is 2.86. The zero-order valence-electron chi connectivity index (χ0n) is 12.5. The zero-order valence-corrected chi connectivity index (χ0v) is 13.3. The Morgan fingerprint density at radius 2 is 2.40 bits per heavy atom. The molecule has 2 rings (SSSR count). The Hall–Kier alpha value is -0.940. The van der Waals surface area contributed by atoms with E-state index in [-0.39, 0.29) is 5.91 Å². The van der Waals surface area contributed by atoms with Gasteiger partial charge in [-0.1, -0.05) is 19.8 Å². The Morgan fingerprint density at radius 3 is 3.15 bits per heavy atom. The van der Waals surface area contributed by atoms with Crippen LogP contribution < -0.4 is 5.32 Å². The number of rotatable bonds is 6. The van der Waals surface area contributed by atoms with Crippen LogP contribution in [0.1, 0.15) is 57.2 Å². The van der Waals surface area contributed by atoms with Crippen molar-refractivity contribution in [1.29, 1.82) is 0 Å². The van der Waals surface area contributed by atoms with Crippen molar-refractivity contribution >= 4 is 22.4 Å². The fourth-order valence-electron chi connectivity index (χ4n) is 2.55. The van der Waals surface area contributed by atoms with Gasteiger partial charge in [-0.2, -0.15) is 0 Å². The largest absolute Gasteiger partial charge is 0.302 e. The molecule has 0 aromatic carbocycles. The van der Waals surface area contributed by atoms with Crippen LogP contribution in [-0.2, 0) is 11.3 Å². The summed E-state index contributed by atoms with van der Waals surface area (Å²) in [6.07, 6.45) is 8.41. The number of carbonyl (C=O) groups is 1. The van der Waals surface area contributed by atoms with Crippen molar-refractivity contribution in [3.05, 3.63) is 11.1 Å². The van der Waals surface area contributed by atoms with Crippen molar-refractivity contribution in [3.63, 3.8) is 0 Å². The van der Waals surface area contributed by atoms with Crippen molar-refractivity contribution in [2.75, 3.05) is 11.9 Å². The third-order valence-corrected chi connectivity index (χ3v) is 4.75. The van der Waals surface area contributed by atoms with Crippen molar-refractivity contribution < 1.29 is 4.79 Å². The first kappa shape index (κ1) is 15.4. The maximum atomic E-state index is 11.7. The summed E-state index contributed by atoms with van der Waals surface area (Å²) < 4.78 is 0. The Bertz CT molecular complexity index is 433. The normalized spacial score (nSPS) is 20.0. The molecule has 112 valence electrons. The third kappa shape index (κ3) is 4.56. The number of piperidine rings is 1. The maximum Gasteiger partial charge on any atom is 0.226 e. The van der Waals surface area contributed by atoms with E-state index in [1.54, 1.807) is 11.3 Å². The minimum atomic E-state index is 0.0825. The van der Waals surface area contributed by atoms with Crippen LogP contribution in [0.3, 0.4) is 0 Å². The number of nitrogens with zero attached hydrogens (tertiary/aromatic N) is 2. The van der Waals surface area contributed by atoms with Gasteiger partial charge in [0.15, 0.2) is 5.13 Å². The van der Waals surface area contributed by atoms with Crippen molar-refractivity contribution in [1.82, 2.24) is 9.88 Å². The van der Waals surface area contributed by atoms with E-state index in [2.05, 4.69) is 29.0 Å². The van der Waals surface area contributed by atoms with Crippen LogP contribution in [0.2, 0.25) is 0 Å². The molecule has 1 unspecified atom stereocenters. The summed E-state index contributed by atoms with van der Waals surface area (Å²) >= 11 is 1.61. The highest BCUT2D eigenvalue weighted by atomic mass is 32.1. The lowest BCUT2D eigenvalue weighted by Gasteiger charge is -2.32. The lowest BCUT2D eigenvalue weighted by atomic mass is 10.0. The van der Waals surface area contributed by atoms with Gasteiger partial charge in [0.05, 0.1) is 0 Å². The van der Waals surface area contributed by atoms with E-state index in [4.69, 9.17) is 0 Å². The second kappa shape index (κ2) is 7.74. The fourth-order valence-corrected chi connectivity index (χ4v) is 3.40. The molecule has 0 bridgehead atoms. The minimum Gasteiger partial charge on any atom is -0.302 e. The molecule has 1 aromatic rings. The van der Waals surface area contributed by atoms with E-state index in [9.17, 15) is 4.79 Å². The van der Waals surface area contributed by atoms with Crippen LogP contribution >= 0.6 is 11.3 Å². The number of hydrogen-bond donors (Lipinski definition) is 1. The molecular weight excluding hydrogens is 270 g/mol. The van der Waals surface area contributed by atoms with Gasteiger partial charge in [0, 0.05) is 30.1 Å². The van der Waals surface area contributed by atoms with E-state index in [0.29, 0.717) is 12.5 Å². The molecule has 1 atom stereocenters. The van der Waals surface area contributed by atoms with Gasteiger partial charge in [0.1, 0.15) is 0 Å². The topological polar surface area (TPSA) is 45.2 Å². The Kier molecular flexibility index (Phi) is 5.98. The molecule has 1 saturated heterocycles. The number of anilines is 1. The number of nitrogens with one attached hydrogen (secondary N) is 1. The Morgan fingerprint density at radius 1 is 1.55 bits per heavy atom. The first-order valence-electron chi connectivity index (χ1n) is 7.67. The Labute approximate surface area is 125 Å². The van der Waals surface area contributed by atoms with E-state index < -0.39 is 0 Å². The van der Waals surface area contributed by atoms with Crippen LogP contribution in [0.5, 0.6) is 0 Å². The van der Waals surface area contributed by atoms with Gasteiger partial charge in [-0.05, 0) is 32.7 Å². The van der Waals surface area contributed by atoms with Gasteiger partial charge in [0.2, 0.25) is 5.91 Å². The van der Waals surface area contributed by atoms with E-state index in [1.807, 2.05) is 6.20 Å². The smallest absolute Gasteiger partial charge is 0.226 e. The molecule has 4 nitrogen and oxygen atoms in total. The van der Waals surface area contributed by atoms with Crippen LogP contribution in [-0.4, -0.2) is 28.4 Å². The molecule has 2 heterocycles. The summed E-state index contributed by atoms with van der Waals surface area (Å²) in [5.41, 5.74) is 0. The molecule has 1 aromatic heterocycles. The molecular formula is C15H25N3OS. The summed E-state index contributed by atoms with van der Waals surface area (Å²) in [6, 6.07) is 0.661. The molecule has 0 aliphatic carbocycles. The summed E-state index contributed by atoms with van der Waals surface area (Å²) in [5.74, 6) is 0.0825. The minimum absolute atomic E-state index is 0.0825. The predicted octanol–water partition coefficient (Wildman–Crippen LogP) is 3.65. The molecule has 0 spiro atoms. The molecule has 0 saturated carbocycles. The van der Waals surface area contributed by atoms with Crippen LogP contribution in [0.25, 0.3) is 0 Å². The summed E-state index contributed by atoms with van der Waals surface area (Å²) in [7, 11) is 0. The number of likely N-dealkylation sites (tertiary alicyclic amines) is 1. The number of hydrogen-bond acceptors (Lipinski definition) is 4. The summed E-state index contributed by atoms with van der Waals surface area (Å²) in [4.78, 5) is 19.7. The van der Waals surface area contributed by atoms with Gasteiger partial charge >= 0.3 is 0 Å². The average molecular weight is 295 g/mol. The van der Waals surface area contributed by atoms with Crippen molar-refractivity contribution in [2.24, 2.45) is 0 Å². The summed E-state index contributed by atoms with van der Waals surface area (Å²) in [6.45, 7) is 6.53. The highest BCUT2D eigenvalue weighted by Gasteiger charge is 2.19. The Balaban J connectivity index is 1.83. The van der Waals surface area contributed by atoms with Gasteiger partial charge in [-0.25, -0.2) is 4.98 Å². The first-order chi connectivity index (χ1) is 9.69. The van der Waals surface area contributed by atoms with Crippen LogP contribution in [0.4, 0.5) is 5.13 Å². The molecule has 1 aliphatic heterocycles. The van der Waals surface area contributed by atoms with Crippen LogP contribution in [0.15, 0.2) is 6.20 Å². The fraction of sp³-hybridized carbons (Fsp3) is 0.733. The van der Waals surface area contributed by atoms with E-state index in [1.165, 1.54) is 30.7 Å². The third-order valence-electron chi connectivity index (χ3n) is 3.86. The molecule has 5 heteroatoms. The molecule has 1 N–H and O–H groups in total. The number of aromatic nitrogens is 1. The lowest BCUT2D eigenvalue weighted by Crippen LogP contribution is -2.36. The maximum absolute atomic E-state index is 11.7. The number of amides is 1.